The average Bonchev–Trinajstić information content (AvgIpc) is 3.70. The molecule has 178 valence electrons. The maximum Gasteiger partial charge on any atom is 0.274 e. The van der Waals surface area contributed by atoms with Crippen LogP contribution in [0.2, 0.25) is 0 Å². The Labute approximate surface area is 201 Å². The summed E-state index contributed by atoms with van der Waals surface area (Å²) in [4.78, 5) is 36.7. The van der Waals surface area contributed by atoms with Gasteiger partial charge in [-0.3, -0.25) is 19.6 Å². The molecule has 0 bridgehead atoms. The van der Waals surface area contributed by atoms with E-state index in [4.69, 9.17) is 5.21 Å². The Balaban J connectivity index is 1.45. The highest BCUT2D eigenvalue weighted by Crippen LogP contribution is 2.25. The molecule has 1 fully saturated rings. The van der Waals surface area contributed by atoms with E-state index in [1.54, 1.807) is 78.3 Å². The molecule has 0 aliphatic heterocycles. The summed E-state index contributed by atoms with van der Waals surface area (Å²) in [6, 6.07) is 19.4. The van der Waals surface area contributed by atoms with E-state index in [1.165, 1.54) is 6.07 Å². The van der Waals surface area contributed by atoms with E-state index in [1.807, 2.05) is 0 Å². The third-order valence-corrected chi connectivity index (χ3v) is 5.58. The van der Waals surface area contributed by atoms with E-state index in [-0.39, 0.29) is 35.5 Å². The number of halogens is 1. The number of benzene rings is 3. The average molecular weight is 474 g/mol. The number of carbonyl (C=O) groups excluding carboxylic acids is 3. The van der Waals surface area contributed by atoms with Crippen molar-refractivity contribution in [3.63, 3.8) is 0 Å². The molecule has 4 rings (SSSR count). The maximum atomic E-state index is 14.4. The van der Waals surface area contributed by atoms with Crippen LogP contribution in [0.3, 0.4) is 0 Å². The first-order chi connectivity index (χ1) is 16.9. The molecule has 1 aliphatic rings. The lowest BCUT2D eigenvalue weighted by Gasteiger charge is -2.10. The van der Waals surface area contributed by atoms with Crippen LogP contribution in [-0.2, 0) is 11.3 Å². The van der Waals surface area contributed by atoms with Gasteiger partial charge in [0.1, 0.15) is 5.82 Å². The molecule has 0 unspecified atom stereocenters. The van der Waals surface area contributed by atoms with Crippen molar-refractivity contribution in [2.45, 2.75) is 25.4 Å². The molecule has 3 aromatic carbocycles. The van der Waals surface area contributed by atoms with Gasteiger partial charge in [0.25, 0.3) is 17.7 Å². The second-order valence-electron chi connectivity index (χ2n) is 8.23. The molecular formula is C27H24FN3O4. The van der Waals surface area contributed by atoms with Crippen LogP contribution in [-0.4, -0.2) is 29.0 Å². The highest BCUT2D eigenvalue weighted by molar-refractivity contribution is 6.24. The summed E-state index contributed by atoms with van der Waals surface area (Å²) in [6.45, 7) is 0.250. The molecule has 35 heavy (non-hydrogen) atoms. The second-order valence-corrected chi connectivity index (χ2v) is 8.23. The van der Waals surface area contributed by atoms with Crippen LogP contribution in [0.1, 0.15) is 50.2 Å². The summed E-state index contributed by atoms with van der Waals surface area (Å²) in [5, 5.41) is 14.4. The maximum absolute atomic E-state index is 14.4. The predicted molar refractivity (Wildman–Crippen MR) is 129 cm³/mol. The summed E-state index contributed by atoms with van der Waals surface area (Å²) in [5.74, 6) is -1.72. The minimum Gasteiger partial charge on any atom is -0.349 e. The Morgan fingerprint density at radius 3 is 2.14 bits per heavy atom. The van der Waals surface area contributed by atoms with Gasteiger partial charge < -0.3 is 10.6 Å². The predicted octanol–water partition coefficient (Wildman–Crippen LogP) is 3.69. The first kappa shape index (κ1) is 23.8. The van der Waals surface area contributed by atoms with Crippen LogP contribution in [0.25, 0.3) is 11.6 Å². The number of carbonyl (C=O) groups is 3. The third-order valence-electron chi connectivity index (χ3n) is 5.58. The molecular weight excluding hydrogens is 449 g/mol. The van der Waals surface area contributed by atoms with Crippen molar-refractivity contribution in [1.29, 1.82) is 0 Å². The van der Waals surface area contributed by atoms with Crippen LogP contribution >= 0.6 is 0 Å². The Morgan fingerprint density at radius 2 is 1.51 bits per heavy atom. The molecule has 0 spiro atoms. The number of hydroxylamine groups is 1. The van der Waals surface area contributed by atoms with Gasteiger partial charge in [0.15, 0.2) is 0 Å². The standard InChI is InChI=1S/C27H24FN3O4/c28-24-4-2-1-3-22(24)23(27(34)30-21-13-14-21)15-17-5-9-19(10-6-17)25(32)29-16-18-7-11-20(12-8-18)26(33)31-35/h1-12,15,21,35H,13-14,16H2,(H,29,32)(H,30,34)(H,31,33)/b23-15+. The number of hydrogen-bond donors (Lipinski definition) is 4. The van der Waals surface area contributed by atoms with Gasteiger partial charge in [0.2, 0.25) is 0 Å². The van der Waals surface area contributed by atoms with Gasteiger partial charge in [-0.2, -0.15) is 0 Å². The zero-order chi connectivity index (χ0) is 24.8. The van der Waals surface area contributed by atoms with Crippen molar-refractivity contribution in [2.75, 3.05) is 0 Å². The smallest absolute Gasteiger partial charge is 0.274 e. The minimum absolute atomic E-state index is 0.131. The first-order valence-electron chi connectivity index (χ1n) is 11.1. The Morgan fingerprint density at radius 1 is 0.886 bits per heavy atom. The van der Waals surface area contributed by atoms with Crippen LogP contribution < -0.4 is 16.1 Å². The quantitative estimate of drug-likeness (QED) is 0.173. The van der Waals surface area contributed by atoms with E-state index in [0.717, 1.165) is 18.4 Å². The highest BCUT2D eigenvalue weighted by Gasteiger charge is 2.26. The van der Waals surface area contributed by atoms with E-state index in [0.29, 0.717) is 16.7 Å². The van der Waals surface area contributed by atoms with Gasteiger partial charge in [-0.05, 0) is 60.4 Å². The van der Waals surface area contributed by atoms with Crippen molar-refractivity contribution in [1.82, 2.24) is 16.1 Å². The molecule has 1 saturated carbocycles. The molecule has 0 atom stereocenters. The zero-order valence-corrected chi connectivity index (χ0v) is 18.8. The molecule has 0 heterocycles. The summed E-state index contributed by atoms with van der Waals surface area (Å²) >= 11 is 0. The Bertz CT molecular complexity index is 1270. The van der Waals surface area contributed by atoms with Crippen LogP contribution in [0.4, 0.5) is 4.39 Å². The molecule has 0 radical (unpaired) electrons. The summed E-state index contributed by atoms with van der Waals surface area (Å²) in [6.07, 6.45) is 3.45. The van der Waals surface area contributed by atoms with Crippen LogP contribution in [0.5, 0.6) is 0 Å². The lowest BCUT2D eigenvalue weighted by molar-refractivity contribution is -0.115. The number of rotatable bonds is 8. The molecule has 7 nitrogen and oxygen atoms in total. The number of amides is 3. The monoisotopic (exact) mass is 473 g/mol. The van der Waals surface area contributed by atoms with Gasteiger partial charge >= 0.3 is 0 Å². The summed E-state index contributed by atoms with van der Waals surface area (Å²) in [5.41, 5.74) is 4.17. The summed E-state index contributed by atoms with van der Waals surface area (Å²) in [7, 11) is 0. The molecule has 1 aliphatic carbocycles. The van der Waals surface area contributed by atoms with Gasteiger partial charge in [-0.25, -0.2) is 9.87 Å². The van der Waals surface area contributed by atoms with Crippen molar-refractivity contribution >= 4 is 29.4 Å². The fourth-order valence-electron chi connectivity index (χ4n) is 3.46. The third kappa shape index (κ3) is 6.18. The lowest BCUT2D eigenvalue weighted by atomic mass is 10.0. The molecule has 0 aromatic heterocycles. The molecule has 3 amide bonds. The molecule has 0 saturated heterocycles. The minimum atomic E-state index is -0.613. The Hall–Kier alpha value is -4.30. The molecule has 3 aromatic rings. The van der Waals surface area contributed by atoms with E-state index >= 15 is 0 Å². The van der Waals surface area contributed by atoms with Gasteiger partial charge in [-0.15, -0.1) is 0 Å². The van der Waals surface area contributed by atoms with Gasteiger partial charge in [-0.1, -0.05) is 42.5 Å². The molecule has 8 heteroatoms. The van der Waals surface area contributed by atoms with Gasteiger partial charge in [0.05, 0.1) is 5.57 Å². The highest BCUT2D eigenvalue weighted by atomic mass is 19.1. The largest absolute Gasteiger partial charge is 0.349 e. The van der Waals surface area contributed by atoms with Gasteiger partial charge in [0, 0.05) is 29.3 Å². The SMILES string of the molecule is O=C(NC1CC1)/C(=C/c1ccc(C(=O)NCc2ccc(C(=O)NO)cc2)cc1)c1ccccc1F. The van der Waals surface area contributed by atoms with Crippen LogP contribution in [0.15, 0.2) is 72.8 Å². The topological polar surface area (TPSA) is 108 Å². The second kappa shape index (κ2) is 10.8. The Kier molecular flexibility index (Phi) is 7.32. The first-order valence-corrected chi connectivity index (χ1v) is 11.1. The number of nitrogens with one attached hydrogen (secondary N) is 3. The fourth-order valence-corrected chi connectivity index (χ4v) is 3.46. The summed E-state index contributed by atoms with van der Waals surface area (Å²) < 4.78 is 14.4. The van der Waals surface area contributed by atoms with E-state index < -0.39 is 11.7 Å². The van der Waals surface area contributed by atoms with Crippen molar-refractivity contribution < 1.29 is 24.0 Å². The van der Waals surface area contributed by atoms with E-state index in [9.17, 15) is 18.8 Å². The lowest BCUT2D eigenvalue weighted by Crippen LogP contribution is -2.26. The van der Waals surface area contributed by atoms with Crippen molar-refractivity contribution in [3.8, 4) is 0 Å². The normalized spacial score (nSPS) is 13.1. The van der Waals surface area contributed by atoms with Crippen LogP contribution in [0, 0.1) is 5.82 Å². The van der Waals surface area contributed by atoms with Crippen molar-refractivity contribution in [3.05, 3.63) is 106 Å². The van der Waals surface area contributed by atoms with Crippen molar-refractivity contribution in [2.24, 2.45) is 0 Å². The fraction of sp³-hybridized carbons (Fsp3) is 0.148. The van der Waals surface area contributed by atoms with E-state index in [2.05, 4.69) is 10.6 Å². The molecule has 4 N–H and O–H groups in total. The zero-order valence-electron chi connectivity index (χ0n) is 18.8. The number of hydrogen-bond acceptors (Lipinski definition) is 4.